The molecule has 1 aliphatic rings. The van der Waals surface area contributed by atoms with Crippen LogP contribution in [0.3, 0.4) is 0 Å². The number of rotatable bonds is 3. The SMILES string of the molecule is O=C(O)C1(Oc2cccc(Cl)c2)CCCCC1. The molecule has 92 valence electrons. The van der Waals surface area contributed by atoms with Gasteiger partial charge in [-0.05, 0) is 43.9 Å². The van der Waals surface area contributed by atoms with Crippen LogP contribution in [0.1, 0.15) is 32.1 Å². The van der Waals surface area contributed by atoms with E-state index in [1.165, 1.54) is 0 Å². The molecule has 4 heteroatoms. The summed E-state index contributed by atoms with van der Waals surface area (Å²) in [4.78, 5) is 11.4. The summed E-state index contributed by atoms with van der Waals surface area (Å²) in [5.41, 5.74) is -1.07. The van der Waals surface area contributed by atoms with Crippen LogP contribution in [0.25, 0.3) is 0 Å². The fraction of sp³-hybridized carbons (Fsp3) is 0.462. The van der Waals surface area contributed by atoms with Crippen molar-refractivity contribution in [3.05, 3.63) is 29.3 Å². The number of ether oxygens (including phenoxy) is 1. The third kappa shape index (κ3) is 2.72. The maximum Gasteiger partial charge on any atom is 0.348 e. The van der Waals surface area contributed by atoms with Crippen LogP contribution < -0.4 is 4.74 Å². The van der Waals surface area contributed by atoms with Gasteiger partial charge in [0.1, 0.15) is 5.75 Å². The van der Waals surface area contributed by atoms with Crippen LogP contribution in [0, 0.1) is 0 Å². The van der Waals surface area contributed by atoms with E-state index in [0.717, 1.165) is 19.3 Å². The maximum atomic E-state index is 11.4. The summed E-state index contributed by atoms with van der Waals surface area (Å²) in [5.74, 6) is -0.348. The lowest BCUT2D eigenvalue weighted by Gasteiger charge is -2.33. The highest BCUT2D eigenvalue weighted by atomic mass is 35.5. The van der Waals surface area contributed by atoms with E-state index in [1.54, 1.807) is 24.3 Å². The molecule has 17 heavy (non-hydrogen) atoms. The predicted molar refractivity (Wildman–Crippen MR) is 65.5 cm³/mol. The van der Waals surface area contributed by atoms with Crippen molar-refractivity contribution < 1.29 is 14.6 Å². The van der Waals surface area contributed by atoms with Crippen molar-refractivity contribution >= 4 is 17.6 Å². The Labute approximate surface area is 105 Å². The Bertz CT molecular complexity index is 411. The first-order valence-electron chi connectivity index (χ1n) is 5.80. The molecular weight excluding hydrogens is 240 g/mol. The van der Waals surface area contributed by atoms with Crippen LogP contribution in [0.15, 0.2) is 24.3 Å². The molecular formula is C13H15ClO3. The van der Waals surface area contributed by atoms with E-state index in [2.05, 4.69) is 0 Å². The molecule has 0 unspecified atom stereocenters. The summed E-state index contributed by atoms with van der Waals surface area (Å²) >= 11 is 5.86. The Kier molecular flexibility index (Phi) is 3.57. The predicted octanol–water partition coefficient (Wildman–Crippen LogP) is 3.51. The zero-order valence-corrected chi connectivity index (χ0v) is 10.2. The normalized spacial score (nSPS) is 18.6. The first kappa shape index (κ1) is 12.2. The Hall–Kier alpha value is -1.22. The quantitative estimate of drug-likeness (QED) is 0.898. The van der Waals surface area contributed by atoms with E-state index in [0.29, 0.717) is 23.6 Å². The number of carboxylic acid groups (broad SMARTS) is 1. The molecule has 0 bridgehead atoms. The van der Waals surface area contributed by atoms with Crippen molar-refractivity contribution in [1.82, 2.24) is 0 Å². The summed E-state index contributed by atoms with van der Waals surface area (Å²) in [7, 11) is 0. The molecule has 0 aliphatic heterocycles. The van der Waals surface area contributed by atoms with Crippen LogP contribution in [-0.2, 0) is 4.79 Å². The van der Waals surface area contributed by atoms with Gasteiger partial charge in [0.15, 0.2) is 0 Å². The first-order valence-corrected chi connectivity index (χ1v) is 6.18. The number of carbonyl (C=O) groups is 1. The van der Waals surface area contributed by atoms with Crippen molar-refractivity contribution in [2.45, 2.75) is 37.7 Å². The highest BCUT2D eigenvalue weighted by molar-refractivity contribution is 6.30. The smallest absolute Gasteiger partial charge is 0.348 e. The van der Waals surface area contributed by atoms with Gasteiger partial charge in [-0.25, -0.2) is 4.79 Å². The fourth-order valence-electron chi connectivity index (χ4n) is 2.24. The van der Waals surface area contributed by atoms with Gasteiger partial charge in [0, 0.05) is 5.02 Å². The van der Waals surface area contributed by atoms with Gasteiger partial charge >= 0.3 is 5.97 Å². The average molecular weight is 255 g/mol. The number of halogens is 1. The van der Waals surface area contributed by atoms with Gasteiger partial charge in [0.2, 0.25) is 5.60 Å². The molecule has 0 spiro atoms. The molecule has 1 saturated carbocycles. The molecule has 0 heterocycles. The summed E-state index contributed by atoms with van der Waals surface area (Å²) in [6.07, 6.45) is 4.00. The van der Waals surface area contributed by atoms with E-state index in [9.17, 15) is 9.90 Å². The largest absolute Gasteiger partial charge is 0.478 e. The number of carboxylic acids is 1. The van der Waals surface area contributed by atoms with Crippen LogP contribution >= 0.6 is 11.6 Å². The van der Waals surface area contributed by atoms with Crippen molar-refractivity contribution in [3.8, 4) is 5.75 Å². The Morgan fingerprint density at radius 1 is 1.29 bits per heavy atom. The number of hydrogen-bond donors (Lipinski definition) is 1. The molecule has 1 fully saturated rings. The van der Waals surface area contributed by atoms with Crippen LogP contribution in [0.2, 0.25) is 5.02 Å². The van der Waals surface area contributed by atoms with Gasteiger partial charge in [-0.2, -0.15) is 0 Å². The minimum atomic E-state index is -1.07. The van der Waals surface area contributed by atoms with E-state index < -0.39 is 11.6 Å². The number of benzene rings is 1. The van der Waals surface area contributed by atoms with Crippen molar-refractivity contribution in [2.75, 3.05) is 0 Å². The van der Waals surface area contributed by atoms with Crippen molar-refractivity contribution in [3.63, 3.8) is 0 Å². The Morgan fingerprint density at radius 2 is 2.00 bits per heavy atom. The third-order valence-electron chi connectivity index (χ3n) is 3.16. The van der Waals surface area contributed by atoms with Gasteiger partial charge in [-0.1, -0.05) is 24.1 Å². The monoisotopic (exact) mass is 254 g/mol. The molecule has 0 radical (unpaired) electrons. The molecule has 1 aliphatic carbocycles. The topological polar surface area (TPSA) is 46.5 Å². The highest BCUT2D eigenvalue weighted by Gasteiger charge is 2.42. The molecule has 1 aromatic rings. The molecule has 0 atom stereocenters. The second-order valence-electron chi connectivity index (χ2n) is 4.42. The maximum absolute atomic E-state index is 11.4. The van der Waals surface area contributed by atoms with Crippen LogP contribution in [0.5, 0.6) is 5.75 Å². The lowest BCUT2D eigenvalue weighted by atomic mass is 9.84. The molecule has 0 saturated heterocycles. The fourth-order valence-corrected chi connectivity index (χ4v) is 2.42. The van der Waals surface area contributed by atoms with Crippen molar-refractivity contribution in [1.29, 1.82) is 0 Å². The third-order valence-corrected chi connectivity index (χ3v) is 3.40. The van der Waals surface area contributed by atoms with Crippen LogP contribution in [-0.4, -0.2) is 16.7 Å². The van der Waals surface area contributed by atoms with E-state index >= 15 is 0 Å². The number of aliphatic carboxylic acids is 1. The van der Waals surface area contributed by atoms with E-state index in [1.807, 2.05) is 0 Å². The minimum absolute atomic E-state index is 0.529. The molecule has 3 nitrogen and oxygen atoms in total. The first-order chi connectivity index (χ1) is 8.12. The average Bonchev–Trinajstić information content (AvgIpc) is 2.30. The molecule has 1 N–H and O–H groups in total. The second kappa shape index (κ2) is 4.96. The van der Waals surface area contributed by atoms with Gasteiger partial charge in [-0.3, -0.25) is 0 Å². The Balaban J connectivity index is 2.20. The molecule has 1 aromatic carbocycles. The van der Waals surface area contributed by atoms with Gasteiger partial charge < -0.3 is 9.84 Å². The van der Waals surface area contributed by atoms with E-state index in [4.69, 9.17) is 16.3 Å². The van der Waals surface area contributed by atoms with Gasteiger partial charge in [0.05, 0.1) is 0 Å². The standard InChI is InChI=1S/C13H15ClO3/c14-10-5-4-6-11(9-10)17-13(12(15)16)7-2-1-3-8-13/h4-6,9H,1-3,7-8H2,(H,15,16). The molecule has 2 rings (SSSR count). The molecule has 0 amide bonds. The van der Waals surface area contributed by atoms with Crippen molar-refractivity contribution in [2.24, 2.45) is 0 Å². The van der Waals surface area contributed by atoms with Gasteiger partial charge in [0.25, 0.3) is 0 Å². The lowest BCUT2D eigenvalue weighted by molar-refractivity contribution is -0.158. The minimum Gasteiger partial charge on any atom is -0.478 e. The summed E-state index contributed by atoms with van der Waals surface area (Å²) in [6.45, 7) is 0. The summed E-state index contributed by atoms with van der Waals surface area (Å²) < 4.78 is 5.70. The Morgan fingerprint density at radius 3 is 2.59 bits per heavy atom. The highest BCUT2D eigenvalue weighted by Crippen LogP contribution is 2.34. The summed E-state index contributed by atoms with van der Waals surface area (Å²) in [6, 6.07) is 6.89. The zero-order valence-electron chi connectivity index (χ0n) is 9.49. The van der Waals surface area contributed by atoms with Gasteiger partial charge in [-0.15, -0.1) is 0 Å². The second-order valence-corrected chi connectivity index (χ2v) is 4.86. The zero-order chi connectivity index (χ0) is 12.3. The molecule has 0 aromatic heterocycles. The van der Waals surface area contributed by atoms with Crippen LogP contribution in [0.4, 0.5) is 0 Å². The van der Waals surface area contributed by atoms with E-state index in [-0.39, 0.29) is 0 Å². The number of hydrogen-bond acceptors (Lipinski definition) is 2. The summed E-state index contributed by atoms with van der Waals surface area (Å²) in [5, 5.41) is 9.92. The lowest BCUT2D eigenvalue weighted by Crippen LogP contribution is -2.46.